The summed E-state index contributed by atoms with van der Waals surface area (Å²) in [6.45, 7) is 0.287. The van der Waals surface area contributed by atoms with E-state index in [-0.39, 0.29) is 19.2 Å². The van der Waals surface area contributed by atoms with Gasteiger partial charge in [-0.3, -0.25) is 0 Å². The van der Waals surface area contributed by atoms with Crippen LogP contribution >= 0.6 is 27.5 Å². The van der Waals surface area contributed by atoms with Gasteiger partial charge in [0.05, 0.1) is 16.6 Å². The van der Waals surface area contributed by atoms with Gasteiger partial charge in [0.2, 0.25) is 0 Å². The lowest BCUT2D eigenvalue weighted by Crippen LogP contribution is -2.11. The highest BCUT2D eigenvalue weighted by Gasteiger charge is 2.15. The molecule has 0 aliphatic heterocycles. The van der Waals surface area contributed by atoms with Crippen molar-refractivity contribution in [3.8, 4) is 5.75 Å². The third-order valence-electron chi connectivity index (χ3n) is 4.33. The first kappa shape index (κ1) is 21.4. The first-order valence-corrected chi connectivity index (χ1v) is 10.3. The third kappa shape index (κ3) is 5.82. The Morgan fingerprint density at radius 1 is 1.00 bits per heavy atom. The van der Waals surface area contributed by atoms with E-state index in [0.717, 1.165) is 11.1 Å². The fraction of sp³-hybridized carbons (Fsp3) is 0.174. The van der Waals surface area contributed by atoms with Crippen LogP contribution < -0.4 is 4.74 Å². The number of aliphatic hydroxyl groups excluding tert-OH is 1. The molecule has 0 spiro atoms. The van der Waals surface area contributed by atoms with Crippen LogP contribution in [0.4, 0.5) is 0 Å². The van der Waals surface area contributed by atoms with Gasteiger partial charge in [0.25, 0.3) is 0 Å². The summed E-state index contributed by atoms with van der Waals surface area (Å²) in [4.78, 5) is 12.1. The molecule has 0 amide bonds. The second kappa shape index (κ2) is 10.4. The molecule has 4 nitrogen and oxygen atoms in total. The lowest BCUT2D eigenvalue weighted by Gasteiger charge is -2.16. The number of rotatable bonds is 8. The van der Waals surface area contributed by atoms with Gasteiger partial charge in [-0.2, -0.15) is 0 Å². The molecule has 0 saturated carbocycles. The number of aliphatic hydroxyl groups is 1. The normalized spacial score (nSPS) is 11.7. The van der Waals surface area contributed by atoms with Crippen LogP contribution in [-0.4, -0.2) is 24.3 Å². The predicted molar refractivity (Wildman–Crippen MR) is 116 cm³/mol. The third-order valence-corrected chi connectivity index (χ3v) is 5.55. The SMILES string of the molecule is O=C(OCCc1c(Cl)ccc(OCC(O)c2ccccc2)c1Br)c1ccccc1. The van der Waals surface area contributed by atoms with Crippen LogP contribution in [0.1, 0.15) is 27.6 Å². The number of hydrogen-bond donors (Lipinski definition) is 1. The number of carbonyl (C=O) groups excluding carboxylic acids is 1. The van der Waals surface area contributed by atoms with Crippen LogP contribution in [0.2, 0.25) is 5.02 Å². The molecule has 0 aliphatic carbocycles. The summed E-state index contributed by atoms with van der Waals surface area (Å²) in [5.74, 6) is 0.185. The highest BCUT2D eigenvalue weighted by Crippen LogP contribution is 2.34. The van der Waals surface area contributed by atoms with E-state index in [1.807, 2.05) is 36.4 Å². The zero-order chi connectivity index (χ0) is 20.6. The molecule has 3 aromatic rings. The summed E-state index contributed by atoms with van der Waals surface area (Å²) in [5.41, 5.74) is 2.06. The van der Waals surface area contributed by atoms with Crippen LogP contribution in [0.3, 0.4) is 0 Å². The van der Waals surface area contributed by atoms with Crippen LogP contribution in [0.15, 0.2) is 77.3 Å². The highest BCUT2D eigenvalue weighted by atomic mass is 79.9. The van der Waals surface area contributed by atoms with E-state index in [1.165, 1.54) is 0 Å². The topological polar surface area (TPSA) is 55.8 Å². The second-order valence-corrected chi connectivity index (χ2v) is 7.53. The van der Waals surface area contributed by atoms with E-state index in [0.29, 0.717) is 27.2 Å². The molecule has 29 heavy (non-hydrogen) atoms. The molecule has 0 heterocycles. The van der Waals surface area contributed by atoms with Gasteiger partial charge in [-0.1, -0.05) is 60.1 Å². The van der Waals surface area contributed by atoms with Gasteiger partial charge in [0.15, 0.2) is 0 Å². The summed E-state index contributed by atoms with van der Waals surface area (Å²) in [6, 6.07) is 21.6. The Hall–Kier alpha value is -2.34. The molecule has 3 rings (SSSR count). The second-order valence-electron chi connectivity index (χ2n) is 6.33. The van der Waals surface area contributed by atoms with Crippen LogP contribution in [0.5, 0.6) is 5.75 Å². The molecule has 0 saturated heterocycles. The predicted octanol–water partition coefficient (Wildman–Crippen LogP) is 5.61. The van der Waals surface area contributed by atoms with Crippen molar-refractivity contribution >= 4 is 33.5 Å². The molecule has 150 valence electrons. The van der Waals surface area contributed by atoms with Crippen molar-refractivity contribution in [1.29, 1.82) is 0 Å². The molecular weight excluding hydrogens is 456 g/mol. The highest BCUT2D eigenvalue weighted by molar-refractivity contribution is 9.10. The average molecular weight is 476 g/mol. The minimum Gasteiger partial charge on any atom is -0.489 e. The van der Waals surface area contributed by atoms with E-state index in [2.05, 4.69) is 15.9 Å². The number of benzene rings is 3. The number of hydrogen-bond acceptors (Lipinski definition) is 4. The van der Waals surface area contributed by atoms with E-state index in [4.69, 9.17) is 21.1 Å². The summed E-state index contributed by atoms with van der Waals surface area (Å²) in [5, 5.41) is 10.8. The molecular formula is C23H20BrClO4. The van der Waals surface area contributed by atoms with E-state index in [9.17, 15) is 9.90 Å². The molecule has 0 aromatic heterocycles. The molecule has 1 unspecified atom stereocenters. The summed E-state index contributed by atoms with van der Waals surface area (Å²) in [7, 11) is 0. The Kier molecular flexibility index (Phi) is 7.69. The number of ether oxygens (including phenoxy) is 2. The Labute approximate surface area is 183 Å². The fourth-order valence-electron chi connectivity index (χ4n) is 2.76. The van der Waals surface area contributed by atoms with Gasteiger partial charge < -0.3 is 14.6 Å². The minimum atomic E-state index is -0.742. The molecule has 0 fully saturated rings. The van der Waals surface area contributed by atoms with Gasteiger partial charge >= 0.3 is 5.97 Å². The van der Waals surface area contributed by atoms with Crippen LogP contribution in [0, 0.1) is 0 Å². The number of halogens is 2. The van der Waals surface area contributed by atoms with Gasteiger partial charge in [0, 0.05) is 11.4 Å². The van der Waals surface area contributed by atoms with Gasteiger partial charge in [-0.05, 0) is 51.3 Å². The maximum Gasteiger partial charge on any atom is 0.338 e. The summed E-state index contributed by atoms with van der Waals surface area (Å²) in [6.07, 6.45) is -0.315. The summed E-state index contributed by atoms with van der Waals surface area (Å²) >= 11 is 9.84. The summed E-state index contributed by atoms with van der Waals surface area (Å²) < 4.78 is 11.8. The smallest absolute Gasteiger partial charge is 0.338 e. The Morgan fingerprint density at radius 2 is 1.66 bits per heavy atom. The monoisotopic (exact) mass is 474 g/mol. The standard InChI is InChI=1S/C23H20BrClO4/c24-22-18(13-14-28-23(27)17-9-5-2-6-10-17)19(25)11-12-21(22)29-15-20(26)16-7-3-1-4-8-16/h1-12,20,26H,13-15H2. The zero-order valence-electron chi connectivity index (χ0n) is 15.6. The Bertz CT molecular complexity index is 948. The van der Waals surface area contributed by atoms with Gasteiger partial charge in [-0.15, -0.1) is 0 Å². The molecule has 0 bridgehead atoms. The van der Waals surface area contributed by atoms with Crippen LogP contribution in [0.25, 0.3) is 0 Å². The van der Waals surface area contributed by atoms with Crippen molar-refractivity contribution in [2.45, 2.75) is 12.5 Å². The van der Waals surface area contributed by atoms with Crippen molar-refractivity contribution in [2.24, 2.45) is 0 Å². The first-order valence-electron chi connectivity index (χ1n) is 9.11. The first-order chi connectivity index (χ1) is 14.1. The maximum absolute atomic E-state index is 12.1. The molecule has 1 N–H and O–H groups in total. The lowest BCUT2D eigenvalue weighted by molar-refractivity contribution is 0.0509. The van der Waals surface area contributed by atoms with Crippen molar-refractivity contribution in [3.63, 3.8) is 0 Å². The van der Waals surface area contributed by atoms with Gasteiger partial charge in [0.1, 0.15) is 18.5 Å². The number of carbonyl (C=O) groups is 1. The quantitative estimate of drug-likeness (QED) is 0.430. The molecule has 6 heteroatoms. The van der Waals surface area contributed by atoms with Crippen molar-refractivity contribution < 1.29 is 19.4 Å². The van der Waals surface area contributed by atoms with E-state index >= 15 is 0 Å². The minimum absolute atomic E-state index is 0.104. The van der Waals surface area contributed by atoms with Crippen molar-refractivity contribution in [2.75, 3.05) is 13.2 Å². The largest absolute Gasteiger partial charge is 0.489 e. The van der Waals surface area contributed by atoms with Crippen LogP contribution in [-0.2, 0) is 11.2 Å². The molecule has 1 atom stereocenters. The van der Waals surface area contributed by atoms with Crippen molar-refractivity contribution in [3.05, 3.63) is 99.0 Å². The Balaban J connectivity index is 1.60. The zero-order valence-corrected chi connectivity index (χ0v) is 17.9. The number of esters is 1. The van der Waals surface area contributed by atoms with Gasteiger partial charge in [-0.25, -0.2) is 4.79 Å². The molecule has 3 aromatic carbocycles. The Morgan fingerprint density at radius 3 is 2.34 bits per heavy atom. The average Bonchev–Trinajstić information content (AvgIpc) is 2.76. The fourth-order valence-corrected chi connectivity index (χ4v) is 3.78. The van der Waals surface area contributed by atoms with Crippen molar-refractivity contribution in [1.82, 2.24) is 0 Å². The lowest BCUT2D eigenvalue weighted by atomic mass is 10.1. The maximum atomic E-state index is 12.1. The van der Waals surface area contributed by atoms with E-state index < -0.39 is 6.10 Å². The molecule has 0 aliphatic rings. The van der Waals surface area contributed by atoms with E-state index in [1.54, 1.807) is 36.4 Å². The molecule has 0 radical (unpaired) electrons.